The highest BCUT2D eigenvalue weighted by atomic mass is 127. The van der Waals surface area contributed by atoms with Crippen LogP contribution >= 0.6 is 35.3 Å². The zero-order valence-corrected chi connectivity index (χ0v) is 19.2. The van der Waals surface area contributed by atoms with E-state index in [9.17, 15) is 0 Å². The summed E-state index contributed by atoms with van der Waals surface area (Å²) in [6.07, 6.45) is 3.09. The van der Waals surface area contributed by atoms with E-state index in [2.05, 4.69) is 42.0 Å². The van der Waals surface area contributed by atoms with Gasteiger partial charge in [0.2, 0.25) is 0 Å². The number of ether oxygens (including phenoxy) is 1. The predicted molar refractivity (Wildman–Crippen MR) is 124 cm³/mol. The van der Waals surface area contributed by atoms with E-state index in [-0.39, 0.29) is 29.6 Å². The highest BCUT2D eigenvalue weighted by Gasteiger charge is 2.29. The van der Waals surface area contributed by atoms with Gasteiger partial charge in [-0.05, 0) is 26.7 Å². The first-order valence-corrected chi connectivity index (χ1v) is 10.2. The number of nitrogens with zero attached hydrogens (tertiary/aromatic N) is 2. The van der Waals surface area contributed by atoms with Crippen LogP contribution in [0.3, 0.4) is 0 Å². The quantitative estimate of drug-likeness (QED) is 0.342. The van der Waals surface area contributed by atoms with Crippen molar-refractivity contribution in [3.05, 3.63) is 41.4 Å². The summed E-state index contributed by atoms with van der Waals surface area (Å²) in [6.45, 7) is 7.42. The first-order chi connectivity index (χ1) is 12.7. The third kappa shape index (κ3) is 6.73. The van der Waals surface area contributed by atoms with Crippen LogP contribution in [0.1, 0.15) is 32.4 Å². The third-order valence-corrected chi connectivity index (χ3v) is 5.40. The highest BCUT2D eigenvalue weighted by Crippen LogP contribution is 2.25. The van der Waals surface area contributed by atoms with E-state index in [1.807, 2.05) is 18.2 Å². The van der Waals surface area contributed by atoms with Gasteiger partial charge in [0.05, 0.1) is 17.8 Å². The van der Waals surface area contributed by atoms with Gasteiger partial charge in [-0.3, -0.25) is 4.99 Å². The number of thiazole rings is 1. The average molecular weight is 500 g/mol. The Kier molecular flexibility index (Phi) is 8.98. The fourth-order valence-corrected chi connectivity index (χ4v) is 3.85. The summed E-state index contributed by atoms with van der Waals surface area (Å²) in [7, 11) is 0. The van der Waals surface area contributed by atoms with E-state index in [1.165, 1.54) is 5.56 Å². The van der Waals surface area contributed by atoms with Gasteiger partial charge < -0.3 is 15.4 Å². The van der Waals surface area contributed by atoms with Gasteiger partial charge in [-0.15, -0.1) is 35.3 Å². The molecule has 1 aromatic heterocycles. The summed E-state index contributed by atoms with van der Waals surface area (Å²) >= 11 is 1.70. The van der Waals surface area contributed by atoms with Crippen LogP contribution in [0.25, 0.3) is 10.6 Å². The zero-order chi connectivity index (χ0) is 18.2. The SMILES string of the molecule is CCNC(=NCC1(C)CCCO1)NCCc1csc(-c2ccccc2)n1.I. The molecule has 0 radical (unpaired) electrons. The second kappa shape index (κ2) is 11.0. The smallest absolute Gasteiger partial charge is 0.191 e. The van der Waals surface area contributed by atoms with Gasteiger partial charge in [0.25, 0.3) is 0 Å². The van der Waals surface area contributed by atoms with Gasteiger partial charge in [-0.25, -0.2) is 4.98 Å². The fourth-order valence-electron chi connectivity index (χ4n) is 2.99. The molecule has 1 aromatic carbocycles. The summed E-state index contributed by atoms with van der Waals surface area (Å²) in [5, 5.41) is 9.93. The van der Waals surface area contributed by atoms with Crippen molar-refractivity contribution in [1.29, 1.82) is 0 Å². The lowest BCUT2D eigenvalue weighted by Crippen LogP contribution is -2.40. The molecule has 1 saturated heterocycles. The summed E-state index contributed by atoms with van der Waals surface area (Å²) in [4.78, 5) is 9.44. The van der Waals surface area contributed by atoms with Crippen LogP contribution in [0, 0.1) is 0 Å². The summed E-state index contributed by atoms with van der Waals surface area (Å²) in [5.41, 5.74) is 2.18. The monoisotopic (exact) mass is 500 g/mol. The van der Waals surface area contributed by atoms with Gasteiger partial charge in [0.15, 0.2) is 5.96 Å². The van der Waals surface area contributed by atoms with E-state index in [4.69, 9.17) is 14.7 Å². The molecule has 0 saturated carbocycles. The van der Waals surface area contributed by atoms with Crippen molar-refractivity contribution in [3.63, 3.8) is 0 Å². The van der Waals surface area contributed by atoms with E-state index in [0.29, 0.717) is 6.54 Å². The first-order valence-electron chi connectivity index (χ1n) is 9.34. The Morgan fingerprint density at radius 2 is 2.11 bits per heavy atom. The summed E-state index contributed by atoms with van der Waals surface area (Å²) in [6, 6.07) is 10.3. The van der Waals surface area contributed by atoms with Crippen molar-refractivity contribution in [3.8, 4) is 10.6 Å². The Hall–Kier alpha value is -1.19. The van der Waals surface area contributed by atoms with Gasteiger partial charge in [-0.1, -0.05) is 30.3 Å². The number of rotatable bonds is 7. The molecule has 1 unspecified atom stereocenters. The third-order valence-electron chi connectivity index (χ3n) is 4.46. The Morgan fingerprint density at radius 3 is 2.81 bits per heavy atom. The molecule has 1 aliphatic rings. The second-order valence-electron chi connectivity index (χ2n) is 6.78. The summed E-state index contributed by atoms with van der Waals surface area (Å²) < 4.78 is 5.82. The minimum Gasteiger partial charge on any atom is -0.373 e. The molecule has 27 heavy (non-hydrogen) atoms. The van der Waals surface area contributed by atoms with E-state index >= 15 is 0 Å². The van der Waals surface area contributed by atoms with Crippen molar-refractivity contribution in [2.24, 2.45) is 4.99 Å². The van der Waals surface area contributed by atoms with Gasteiger partial charge >= 0.3 is 0 Å². The maximum atomic E-state index is 5.82. The molecule has 7 heteroatoms. The predicted octanol–water partition coefficient (Wildman–Crippen LogP) is 4.09. The minimum atomic E-state index is -0.109. The molecule has 3 rings (SSSR count). The number of halogens is 1. The Balaban J connectivity index is 0.00000261. The number of hydrogen-bond acceptors (Lipinski definition) is 4. The Labute approximate surface area is 183 Å². The van der Waals surface area contributed by atoms with Crippen LogP contribution in [0.15, 0.2) is 40.7 Å². The van der Waals surface area contributed by atoms with Crippen molar-refractivity contribution >= 4 is 41.3 Å². The largest absolute Gasteiger partial charge is 0.373 e. The van der Waals surface area contributed by atoms with Gasteiger partial charge in [-0.2, -0.15) is 0 Å². The lowest BCUT2D eigenvalue weighted by Gasteiger charge is -2.21. The minimum absolute atomic E-state index is 0. The van der Waals surface area contributed by atoms with Crippen LogP contribution in [-0.4, -0.2) is 42.8 Å². The number of benzene rings is 1. The van der Waals surface area contributed by atoms with Crippen molar-refractivity contribution < 1.29 is 4.74 Å². The Morgan fingerprint density at radius 1 is 1.30 bits per heavy atom. The normalized spacial score (nSPS) is 19.6. The number of hydrogen-bond donors (Lipinski definition) is 2. The lowest BCUT2D eigenvalue weighted by atomic mass is 10.0. The Bertz CT molecular complexity index is 714. The van der Waals surface area contributed by atoms with Crippen LogP contribution in [0.5, 0.6) is 0 Å². The van der Waals surface area contributed by atoms with Crippen LogP contribution in [-0.2, 0) is 11.2 Å². The van der Waals surface area contributed by atoms with E-state index in [1.54, 1.807) is 11.3 Å². The fraction of sp³-hybridized carbons (Fsp3) is 0.500. The molecule has 0 spiro atoms. The maximum absolute atomic E-state index is 5.82. The van der Waals surface area contributed by atoms with Crippen LogP contribution < -0.4 is 10.6 Å². The standard InChI is InChI=1S/C20H28N4OS.HI/c1-3-21-19(23-15-20(2)11-7-13-25-20)22-12-10-17-14-26-18(24-17)16-8-5-4-6-9-16;/h4-6,8-9,14H,3,7,10-13,15H2,1-2H3,(H2,21,22,23);1H. The molecule has 148 valence electrons. The molecule has 1 aliphatic heterocycles. The molecule has 0 amide bonds. The zero-order valence-electron chi connectivity index (χ0n) is 16.0. The van der Waals surface area contributed by atoms with E-state index < -0.39 is 0 Å². The first kappa shape index (κ1) is 22.1. The summed E-state index contributed by atoms with van der Waals surface area (Å²) in [5.74, 6) is 0.850. The van der Waals surface area contributed by atoms with Crippen molar-refractivity contribution in [2.75, 3.05) is 26.2 Å². The molecule has 0 aliphatic carbocycles. The molecule has 5 nitrogen and oxygen atoms in total. The number of aliphatic imine (C=N–C) groups is 1. The molecule has 1 atom stereocenters. The molecular formula is C20H29IN4OS. The number of nitrogens with one attached hydrogen (secondary N) is 2. The molecule has 2 N–H and O–H groups in total. The molecule has 2 aromatic rings. The molecular weight excluding hydrogens is 471 g/mol. The number of aromatic nitrogens is 1. The molecule has 1 fully saturated rings. The van der Waals surface area contributed by atoms with Crippen LogP contribution in [0.2, 0.25) is 0 Å². The topological polar surface area (TPSA) is 58.5 Å². The number of guanidine groups is 1. The van der Waals surface area contributed by atoms with Gasteiger partial charge in [0.1, 0.15) is 5.01 Å². The van der Waals surface area contributed by atoms with Crippen LogP contribution in [0.4, 0.5) is 0 Å². The lowest BCUT2D eigenvalue weighted by molar-refractivity contribution is 0.0283. The molecule has 2 heterocycles. The highest BCUT2D eigenvalue weighted by molar-refractivity contribution is 14.0. The second-order valence-corrected chi connectivity index (χ2v) is 7.64. The van der Waals surface area contributed by atoms with Gasteiger partial charge in [0, 0.05) is 37.1 Å². The van der Waals surface area contributed by atoms with Crippen molar-refractivity contribution in [1.82, 2.24) is 15.6 Å². The molecule has 0 bridgehead atoms. The maximum Gasteiger partial charge on any atom is 0.191 e. The van der Waals surface area contributed by atoms with Crippen molar-refractivity contribution in [2.45, 2.75) is 38.7 Å². The average Bonchev–Trinajstić information content (AvgIpc) is 3.30. The van der Waals surface area contributed by atoms with E-state index in [0.717, 1.165) is 55.6 Å².